The number of aryl methyl sites for hydroxylation is 1. The third-order valence-electron chi connectivity index (χ3n) is 2.64. The minimum absolute atomic E-state index is 0.366. The van der Waals surface area contributed by atoms with Gasteiger partial charge in [-0.25, -0.2) is 4.98 Å². The molecule has 2 N–H and O–H groups in total. The third kappa shape index (κ3) is 2.17. The summed E-state index contributed by atoms with van der Waals surface area (Å²) in [6, 6.07) is 5.11. The summed E-state index contributed by atoms with van der Waals surface area (Å²) >= 11 is 5.95. The van der Waals surface area contributed by atoms with Crippen molar-refractivity contribution in [3.05, 3.63) is 35.7 Å². The summed E-state index contributed by atoms with van der Waals surface area (Å²) in [6.45, 7) is 0. The number of anilines is 1. The number of nitrogens with zero attached hydrogens (tertiary/aromatic N) is 4. The predicted molar refractivity (Wildman–Crippen MR) is 71.4 cm³/mol. The normalized spacial score (nSPS) is 10.8. The number of hydrogen-bond donors (Lipinski definition) is 1. The second-order valence-electron chi connectivity index (χ2n) is 4.09. The Balaban J connectivity index is 2.04. The van der Waals surface area contributed by atoms with Crippen LogP contribution in [0.4, 0.5) is 5.69 Å². The molecule has 7 heteroatoms. The highest BCUT2D eigenvalue weighted by Crippen LogP contribution is 2.26. The number of nitrogen functional groups attached to an aromatic ring is 1. The topological polar surface area (TPSA) is 82.8 Å². The molecule has 0 unspecified atom stereocenters. The molecule has 0 aliphatic heterocycles. The van der Waals surface area contributed by atoms with Crippen molar-refractivity contribution in [3.63, 3.8) is 0 Å². The van der Waals surface area contributed by atoms with Crippen molar-refractivity contribution in [1.29, 1.82) is 0 Å². The van der Waals surface area contributed by atoms with Crippen molar-refractivity contribution >= 4 is 17.3 Å². The zero-order valence-electron chi connectivity index (χ0n) is 10.0. The summed E-state index contributed by atoms with van der Waals surface area (Å²) in [6.07, 6.45) is 3.34. The van der Waals surface area contributed by atoms with E-state index in [1.165, 1.54) is 0 Å². The van der Waals surface area contributed by atoms with Crippen molar-refractivity contribution in [1.82, 2.24) is 19.7 Å². The van der Waals surface area contributed by atoms with Gasteiger partial charge in [0.2, 0.25) is 5.82 Å². The molecule has 0 radical (unpaired) electrons. The quantitative estimate of drug-likeness (QED) is 0.726. The maximum absolute atomic E-state index is 5.95. The number of aromatic nitrogens is 4. The van der Waals surface area contributed by atoms with E-state index in [0.717, 1.165) is 5.69 Å². The number of rotatable bonds is 2. The summed E-state index contributed by atoms with van der Waals surface area (Å²) in [4.78, 5) is 8.32. The van der Waals surface area contributed by atoms with E-state index in [9.17, 15) is 0 Å². The zero-order chi connectivity index (χ0) is 13.4. The highest BCUT2D eigenvalue weighted by Gasteiger charge is 2.13. The Morgan fingerprint density at radius 3 is 2.84 bits per heavy atom. The van der Waals surface area contributed by atoms with Gasteiger partial charge in [-0.2, -0.15) is 4.98 Å². The van der Waals surface area contributed by atoms with E-state index in [2.05, 4.69) is 15.1 Å². The van der Waals surface area contributed by atoms with Crippen LogP contribution in [0.5, 0.6) is 0 Å². The smallest absolute Gasteiger partial charge is 0.258 e. The Bertz CT molecular complexity index is 713. The molecule has 0 aliphatic rings. The molecule has 6 nitrogen and oxygen atoms in total. The Labute approximate surface area is 113 Å². The van der Waals surface area contributed by atoms with Crippen molar-refractivity contribution in [2.75, 3.05) is 5.73 Å². The Hall–Kier alpha value is -2.34. The van der Waals surface area contributed by atoms with Gasteiger partial charge in [-0.15, -0.1) is 0 Å². The minimum Gasteiger partial charge on any atom is -0.399 e. The first-order chi connectivity index (χ1) is 9.13. The maximum atomic E-state index is 5.95. The molecule has 96 valence electrons. The fraction of sp³-hybridized carbons (Fsp3) is 0.0833. The van der Waals surface area contributed by atoms with Crippen molar-refractivity contribution < 1.29 is 4.52 Å². The van der Waals surface area contributed by atoms with Crippen molar-refractivity contribution in [3.8, 4) is 23.0 Å². The minimum atomic E-state index is 0.366. The molecule has 19 heavy (non-hydrogen) atoms. The molecule has 3 rings (SSSR count). The standard InChI is InChI=1S/C12H10ClN5O/c1-18-6-15-5-10(18)11-16-12(19-17-11)7-2-8(13)4-9(14)3-7/h2-6H,14H2,1H3. The van der Waals surface area contributed by atoms with Crippen LogP contribution in [-0.4, -0.2) is 19.7 Å². The van der Waals surface area contributed by atoms with E-state index >= 15 is 0 Å². The van der Waals surface area contributed by atoms with Crippen LogP contribution in [0.3, 0.4) is 0 Å². The lowest BCUT2D eigenvalue weighted by atomic mass is 10.2. The second-order valence-corrected chi connectivity index (χ2v) is 4.52. The van der Waals surface area contributed by atoms with Crippen LogP contribution >= 0.6 is 11.6 Å². The van der Waals surface area contributed by atoms with Gasteiger partial charge in [-0.05, 0) is 18.2 Å². The predicted octanol–water partition coefficient (Wildman–Crippen LogP) is 2.37. The molecule has 0 aliphatic carbocycles. The lowest BCUT2D eigenvalue weighted by molar-refractivity contribution is 0.432. The number of nitrogens with two attached hydrogens (primary N) is 1. The average molecular weight is 276 g/mol. The van der Waals surface area contributed by atoms with Crippen LogP contribution in [0.15, 0.2) is 35.2 Å². The van der Waals surface area contributed by atoms with E-state index in [-0.39, 0.29) is 0 Å². The largest absolute Gasteiger partial charge is 0.399 e. The van der Waals surface area contributed by atoms with Crippen LogP contribution < -0.4 is 5.73 Å². The van der Waals surface area contributed by atoms with Gasteiger partial charge in [-0.3, -0.25) is 0 Å². The molecular weight excluding hydrogens is 266 g/mol. The van der Waals surface area contributed by atoms with E-state index in [0.29, 0.717) is 28.0 Å². The van der Waals surface area contributed by atoms with Gasteiger partial charge in [0, 0.05) is 23.3 Å². The highest BCUT2D eigenvalue weighted by atomic mass is 35.5. The molecule has 0 fully saturated rings. The van der Waals surface area contributed by atoms with Gasteiger partial charge in [0.05, 0.1) is 12.5 Å². The van der Waals surface area contributed by atoms with Gasteiger partial charge >= 0.3 is 0 Å². The average Bonchev–Trinajstić information content (AvgIpc) is 2.95. The maximum Gasteiger partial charge on any atom is 0.258 e. The Morgan fingerprint density at radius 2 is 2.16 bits per heavy atom. The summed E-state index contributed by atoms with van der Waals surface area (Å²) in [5, 5.41) is 4.45. The van der Waals surface area contributed by atoms with Crippen LogP contribution in [-0.2, 0) is 7.05 Å². The van der Waals surface area contributed by atoms with E-state index in [4.69, 9.17) is 21.9 Å². The fourth-order valence-corrected chi connectivity index (χ4v) is 2.00. The molecule has 0 atom stereocenters. The molecule has 2 aromatic heterocycles. The van der Waals surface area contributed by atoms with Gasteiger partial charge in [0.15, 0.2) is 0 Å². The summed E-state index contributed by atoms with van der Waals surface area (Å²) in [5.41, 5.74) is 7.73. The molecule has 0 bridgehead atoms. The molecule has 3 aromatic rings. The molecular formula is C12H10ClN5O. The second kappa shape index (κ2) is 4.40. The summed E-state index contributed by atoms with van der Waals surface area (Å²) < 4.78 is 7.03. The number of halogens is 1. The van der Waals surface area contributed by atoms with Gasteiger partial charge < -0.3 is 14.8 Å². The lowest BCUT2D eigenvalue weighted by Crippen LogP contribution is -1.91. The van der Waals surface area contributed by atoms with Gasteiger partial charge in [0.1, 0.15) is 5.69 Å². The fourth-order valence-electron chi connectivity index (χ4n) is 1.75. The number of benzene rings is 1. The summed E-state index contributed by atoms with van der Waals surface area (Å²) in [7, 11) is 1.86. The molecule has 2 heterocycles. The first-order valence-electron chi connectivity index (χ1n) is 5.50. The third-order valence-corrected chi connectivity index (χ3v) is 2.86. The number of hydrogen-bond acceptors (Lipinski definition) is 5. The van der Waals surface area contributed by atoms with Crippen molar-refractivity contribution in [2.24, 2.45) is 7.05 Å². The molecule has 1 aromatic carbocycles. The number of imidazole rings is 1. The van der Waals surface area contributed by atoms with Crippen LogP contribution in [0.2, 0.25) is 5.02 Å². The zero-order valence-corrected chi connectivity index (χ0v) is 10.8. The molecule has 0 spiro atoms. The highest BCUT2D eigenvalue weighted by molar-refractivity contribution is 6.31. The molecule has 0 saturated carbocycles. The van der Waals surface area contributed by atoms with Crippen molar-refractivity contribution in [2.45, 2.75) is 0 Å². The molecule has 0 amide bonds. The van der Waals surface area contributed by atoms with Crippen LogP contribution in [0.25, 0.3) is 23.0 Å². The van der Waals surface area contributed by atoms with Crippen LogP contribution in [0, 0.1) is 0 Å². The first kappa shape index (κ1) is 11.7. The van der Waals surface area contributed by atoms with Gasteiger partial charge in [0.25, 0.3) is 5.89 Å². The molecule has 0 saturated heterocycles. The Morgan fingerprint density at radius 1 is 1.32 bits per heavy atom. The SMILES string of the molecule is Cn1cncc1-c1noc(-c2cc(N)cc(Cl)c2)n1. The monoisotopic (exact) mass is 275 g/mol. The van der Waals surface area contributed by atoms with E-state index in [1.807, 2.05) is 7.05 Å². The van der Waals surface area contributed by atoms with Gasteiger partial charge in [-0.1, -0.05) is 16.8 Å². The Kier molecular flexibility index (Phi) is 2.72. The lowest BCUT2D eigenvalue weighted by Gasteiger charge is -1.98. The van der Waals surface area contributed by atoms with E-state index < -0.39 is 0 Å². The van der Waals surface area contributed by atoms with E-state index in [1.54, 1.807) is 35.3 Å². The first-order valence-corrected chi connectivity index (χ1v) is 5.88. The van der Waals surface area contributed by atoms with Crippen LogP contribution in [0.1, 0.15) is 0 Å². The summed E-state index contributed by atoms with van der Waals surface area (Å²) in [5.74, 6) is 0.832.